The van der Waals surface area contributed by atoms with Crippen LogP contribution in [0.4, 0.5) is 9.18 Å². The first-order chi connectivity index (χ1) is 12.6. The second-order valence-electron chi connectivity index (χ2n) is 5.57. The Balaban J connectivity index is 1.84. The SMILES string of the molecule is O=C1NC(=O)/C(=C\c2cn(-c3ccccc3)nc2-c2ccc(F)cc2)S1. The molecule has 26 heavy (non-hydrogen) atoms. The molecule has 0 saturated carbocycles. The van der Waals surface area contributed by atoms with Gasteiger partial charge in [0.15, 0.2) is 0 Å². The third kappa shape index (κ3) is 3.16. The number of amides is 2. The van der Waals surface area contributed by atoms with E-state index in [1.54, 1.807) is 29.1 Å². The van der Waals surface area contributed by atoms with Gasteiger partial charge in [-0.05, 0) is 54.2 Å². The molecule has 3 aromatic rings. The maximum absolute atomic E-state index is 13.3. The van der Waals surface area contributed by atoms with Gasteiger partial charge in [0.25, 0.3) is 11.1 Å². The van der Waals surface area contributed by atoms with Crippen molar-refractivity contribution in [2.24, 2.45) is 0 Å². The number of carbonyl (C=O) groups excluding carboxylic acids is 2. The maximum atomic E-state index is 13.3. The van der Waals surface area contributed by atoms with Crippen molar-refractivity contribution in [1.29, 1.82) is 0 Å². The summed E-state index contributed by atoms with van der Waals surface area (Å²) >= 11 is 0.844. The lowest BCUT2D eigenvalue weighted by Gasteiger charge is -2.00. The summed E-state index contributed by atoms with van der Waals surface area (Å²) in [6.45, 7) is 0. The van der Waals surface area contributed by atoms with Crippen LogP contribution in [0.1, 0.15) is 5.56 Å². The Bertz CT molecular complexity index is 1030. The number of aromatic nitrogens is 2. The third-order valence-electron chi connectivity index (χ3n) is 3.81. The molecule has 0 atom stereocenters. The van der Waals surface area contributed by atoms with Crippen LogP contribution < -0.4 is 5.32 Å². The number of hydrogen-bond acceptors (Lipinski definition) is 4. The average molecular weight is 365 g/mol. The van der Waals surface area contributed by atoms with Crippen molar-refractivity contribution in [1.82, 2.24) is 15.1 Å². The van der Waals surface area contributed by atoms with Crippen molar-refractivity contribution in [2.45, 2.75) is 0 Å². The average Bonchev–Trinajstić information content (AvgIpc) is 3.20. The minimum absolute atomic E-state index is 0.297. The molecule has 2 aromatic carbocycles. The van der Waals surface area contributed by atoms with Gasteiger partial charge in [0.1, 0.15) is 5.82 Å². The fraction of sp³-hybridized carbons (Fsp3) is 0. The number of thioether (sulfide) groups is 1. The van der Waals surface area contributed by atoms with Crippen LogP contribution >= 0.6 is 11.8 Å². The number of halogens is 1. The summed E-state index contributed by atoms with van der Waals surface area (Å²) in [5, 5.41) is 6.42. The Morgan fingerprint density at radius 3 is 2.42 bits per heavy atom. The fourth-order valence-corrected chi connectivity index (χ4v) is 3.27. The van der Waals surface area contributed by atoms with Crippen molar-refractivity contribution < 1.29 is 14.0 Å². The van der Waals surface area contributed by atoms with Crippen LogP contribution in [0.3, 0.4) is 0 Å². The third-order valence-corrected chi connectivity index (χ3v) is 4.62. The molecule has 1 aromatic heterocycles. The summed E-state index contributed by atoms with van der Waals surface area (Å²) in [6, 6.07) is 15.5. The molecule has 1 saturated heterocycles. The fourth-order valence-electron chi connectivity index (χ4n) is 2.60. The van der Waals surface area contributed by atoms with Crippen LogP contribution in [0.5, 0.6) is 0 Å². The normalized spacial score (nSPS) is 15.5. The molecule has 0 radical (unpaired) electrons. The minimum Gasteiger partial charge on any atom is -0.282 e. The Morgan fingerprint density at radius 1 is 1.04 bits per heavy atom. The van der Waals surface area contributed by atoms with Crippen LogP contribution in [-0.2, 0) is 4.79 Å². The lowest BCUT2D eigenvalue weighted by molar-refractivity contribution is -0.115. The Labute approximate surface area is 152 Å². The Morgan fingerprint density at radius 2 is 1.77 bits per heavy atom. The number of rotatable bonds is 3. The second-order valence-corrected chi connectivity index (χ2v) is 6.59. The van der Waals surface area contributed by atoms with Crippen LogP contribution in [0, 0.1) is 5.82 Å². The molecule has 0 aliphatic carbocycles. The van der Waals surface area contributed by atoms with E-state index in [1.165, 1.54) is 12.1 Å². The molecule has 1 N–H and O–H groups in total. The molecular weight excluding hydrogens is 353 g/mol. The lowest BCUT2D eigenvalue weighted by Crippen LogP contribution is -2.17. The minimum atomic E-state index is -0.433. The Hall–Kier alpha value is -3.19. The highest BCUT2D eigenvalue weighted by atomic mass is 32.2. The van der Waals surface area contributed by atoms with Crippen molar-refractivity contribution >= 4 is 29.0 Å². The first-order valence-electron chi connectivity index (χ1n) is 7.76. The van der Waals surface area contributed by atoms with Gasteiger partial charge in [-0.3, -0.25) is 14.9 Å². The molecule has 128 valence electrons. The molecule has 0 bridgehead atoms. The van der Waals surface area contributed by atoms with Gasteiger partial charge in [-0.25, -0.2) is 9.07 Å². The Kier molecular flexibility index (Phi) is 4.14. The number of nitrogens with one attached hydrogen (secondary N) is 1. The lowest BCUT2D eigenvalue weighted by atomic mass is 10.1. The molecule has 0 unspecified atom stereocenters. The smallest absolute Gasteiger partial charge is 0.282 e. The number of hydrogen-bond donors (Lipinski definition) is 1. The van der Waals surface area contributed by atoms with Crippen molar-refractivity contribution in [2.75, 3.05) is 0 Å². The summed E-state index contributed by atoms with van der Waals surface area (Å²) in [5.74, 6) is -0.773. The molecule has 2 heterocycles. The van der Waals surface area contributed by atoms with Gasteiger partial charge >= 0.3 is 0 Å². The molecule has 5 nitrogen and oxygen atoms in total. The zero-order valence-electron chi connectivity index (χ0n) is 13.3. The van der Waals surface area contributed by atoms with Crippen molar-refractivity contribution in [3.63, 3.8) is 0 Å². The van der Waals surface area contributed by atoms with E-state index in [9.17, 15) is 14.0 Å². The van der Waals surface area contributed by atoms with E-state index >= 15 is 0 Å². The van der Waals surface area contributed by atoms with Crippen LogP contribution in [-0.4, -0.2) is 20.9 Å². The molecule has 2 amide bonds. The highest BCUT2D eigenvalue weighted by Gasteiger charge is 2.26. The van der Waals surface area contributed by atoms with E-state index in [1.807, 2.05) is 30.3 Å². The van der Waals surface area contributed by atoms with E-state index in [-0.39, 0.29) is 5.82 Å². The number of imide groups is 1. The molecule has 1 aliphatic rings. The van der Waals surface area contributed by atoms with Crippen LogP contribution in [0.15, 0.2) is 65.7 Å². The molecule has 0 spiro atoms. The second kappa shape index (κ2) is 6.61. The summed E-state index contributed by atoms with van der Waals surface area (Å²) < 4.78 is 14.9. The zero-order chi connectivity index (χ0) is 18.1. The van der Waals surface area contributed by atoms with E-state index in [4.69, 9.17) is 0 Å². The van der Waals surface area contributed by atoms with E-state index in [2.05, 4.69) is 10.4 Å². The quantitative estimate of drug-likeness (QED) is 0.713. The van der Waals surface area contributed by atoms with Gasteiger partial charge in [-0.15, -0.1) is 0 Å². The summed E-state index contributed by atoms with van der Waals surface area (Å²) in [5.41, 5.74) is 2.81. The number of benzene rings is 2. The van der Waals surface area contributed by atoms with Gasteiger partial charge in [0, 0.05) is 17.3 Å². The largest absolute Gasteiger partial charge is 0.290 e. The van der Waals surface area contributed by atoms with E-state index in [0.29, 0.717) is 21.7 Å². The molecule has 4 rings (SSSR count). The summed E-state index contributed by atoms with van der Waals surface area (Å²) in [4.78, 5) is 23.6. The van der Waals surface area contributed by atoms with E-state index < -0.39 is 11.1 Å². The van der Waals surface area contributed by atoms with Crippen LogP contribution in [0.2, 0.25) is 0 Å². The maximum Gasteiger partial charge on any atom is 0.290 e. The number of carbonyl (C=O) groups is 2. The van der Waals surface area contributed by atoms with Gasteiger partial charge in [-0.1, -0.05) is 18.2 Å². The molecule has 1 fully saturated rings. The van der Waals surface area contributed by atoms with Crippen LogP contribution in [0.25, 0.3) is 23.0 Å². The highest BCUT2D eigenvalue weighted by molar-refractivity contribution is 8.18. The number of para-hydroxylation sites is 1. The van der Waals surface area contributed by atoms with Crippen molar-refractivity contribution in [3.8, 4) is 16.9 Å². The predicted octanol–water partition coefficient (Wildman–Crippen LogP) is 4.00. The standard InChI is InChI=1S/C19H12FN3O2S/c20-14-8-6-12(7-9-14)17-13(10-16-18(24)21-19(25)26-16)11-23(22-17)15-4-2-1-3-5-15/h1-11H,(H,21,24,25)/b16-10+. The first kappa shape index (κ1) is 16.3. The molecule has 7 heteroatoms. The van der Waals surface area contributed by atoms with Gasteiger partial charge in [-0.2, -0.15) is 5.10 Å². The summed E-state index contributed by atoms with van der Waals surface area (Å²) in [7, 11) is 0. The zero-order valence-corrected chi connectivity index (χ0v) is 14.2. The monoisotopic (exact) mass is 365 g/mol. The van der Waals surface area contributed by atoms with E-state index in [0.717, 1.165) is 17.4 Å². The topological polar surface area (TPSA) is 64.0 Å². The highest BCUT2D eigenvalue weighted by Crippen LogP contribution is 2.30. The molecule has 1 aliphatic heterocycles. The van der Waals surface area contributed by atoms with Gasteiger partial charge in [0.05, 0.1) is 16.3 Å². The van der Waals surface area contributed by atoms with Gasteiger partial charge < -0.3 is 0 Å². The predicted molar refractivity (Wildman–Crippen MR) is 98.1 cm³/mol. The number of nitrogens with zero attached hydrogens (tertiary/aromatic N) is 2. The van der Waals surface area contributed by atoms with Crippen molar-refractivity contribution in [3.05, 3.63) is 77.1 Å². The molecular formula is C19H12FN3O2S. The first-order valence-corrected chi connectivity index (χ1v) is 8.58. The summed E-state index contributed by atoms with van der Waals surface area (Å²) in [6.07, 6.45) is 3.40. The van der Waals surface area contributed by atoms with Gasteiger partial charge in [0.2, 0.25) is 0 Å².